The number of halogens is 2. The summed E-state index contributed by atoms with van der Waals surface area (Å²) in [6, 6.07) is 16.2. The zero-order chi connectivity index (χ0) is 13.9. The summed E-state index contributed by atoms with van der Waals surface area (Å²) >= 11 is 9.59. The van der Waals surface area contributed by atoms with Crippen molar-refractivity contribution in [2.45, 2.75) is 19.7 Å². The Hall–Kier alpha value is 0.519. The van der Waals surface area contributed by atoms with Crippen LogP contribution in [0.5, 0.6) is 0 Å². The molecule has 0 atom stereocenters. The van der Waals surface area contributed by atoms with Crippen LogP contribution in [0.15, 0.2) is 58.3 Å². The van der Waals surface area contributed by atoms with Crippen molar-refractivity contribution < 1.29 is 0 Å². The monoisotopic (exact) mass is 436 g/mol. The normalized spacial score (nSPS) is 11.6. The summed E-state index contributed by atoms with van der Waals surface area (Å²) in [4.78, 5) is 7.47. The van der Waals surface area contributed by atoms with Gasteiger partial charge in [0.05, 0.1) is 0 Å². The molecule has 0 aliphatic rings. The minimum atomic E-state index is -2.25. The Kier molecular flexibility index (Phi) is 5.85. The van der Waals surface area contributed by atoms with Gasteiger partial charge >= 0.3 is 135 Å². The molecule has 0 heterocycles. The Bertz CT molecular complexity index is 489. The van der Waals surface area contributed by atoms with Crippen LogP contribution in [-0.2, 0) is 0 Å². The van der Waals surface area contributed by atoms with Crippen molar-refractivity contribution in [2.75, 3.05) is 0 Å². The zero-order valence-electron chi connectivity index (χ0n) is 10.7. The molecule has 19 heavy (non-hydrogen) atoms. The number of hydrogen-bond acceptors (Lipinski definition) is 2. The predicted molar refractivity (Wildman–Crippen MR) is 92.1 cm³/mol. The second-order valence-electron chi connectivity index (χ2n) is 4.51. The van der Waals surface area contributed by atoms with Crippen molar-refractivity contribution in [1.29, 1.82) is 0 Å². The number of hydrogen-bond donors (Lipinski definition) is 0. The van der Waals surface area contributed by atoms with Crippen molar-refractivity contribution in [2.24, 2.45) is 0 Å². The summed E-state index contributed by atoms with van der Waals surface area (Å²) in [6.07, 6.45) is 0. The fourth-order valence-corrected chi connectivity index (χ4v) is 20.7. The van der Waals surface area contributed by atoms with Crippen LogP contribution in [0.3, 0.4) is 0 Å². The van der Waals surface area contributed by atoms with E-state index in [1.807, 2.05) is 42.2 Å². The second kappa shape index (κ2) is 6.99. The second-order valence-corrected chi connectivity index (χ2v) is 33.6. The molecule has 2 aromatic rings. The molecule has 100 valence electrons. The van der Waals surface area contributed by atoms with E-state index in [0.29, 0.717) is 0 Å². The molecule has 2 aromatic carbocycles. The van der Waals surface area contributed by atoms with E-state index in [1.54, 1.807) is 0 Å². The zero-order valence-corrected chi connectivity index (χ0v) is 16.7. The van der Waals surface area contributed by atoms with Gasteiger partial charge in [0.25, 0.3) is 0 Å². The first-order valence-corrected chi connectivity index (χ1v) is 20.9. The molecule has 0 aliphatic carbocycles. The third kappa shape index (κ3) is 5.43. The van der Waals surface area contributed by atoms with E-state index in [2.05, 4.69) is 34.1 Å². The topological polar surface area (TPSA) is 0 Å². The van der Waals surface area contributed by atoms with E-state index in [9.17, 15) is 0 Å². The average Bonchev–Trinajstić information content (AvgIpc) is 2.34. The molecule has 0 nitrogen and oxygen atoms in total. The van der Waals surface area contributed by atoms with Crippen molar-refractivity contribution in [3.63, 3.8) is 0 Å². The Balaban J connectivity index is 2.05. The van der Waals surface area contributed by atoms with Gasteiger partial charge in [-0.05, 0) is 0 Å². The maximum atomic E-state index is 5.92. The summed E-state index contributed by atoms with van der Waals surface area (Å²) in [6.45, 7) is 0. The molecule has 0 bridgehead atoms. The van der Waals surface area contributed by atoms with E-state index in [-0.39, 0.29) is 0 Å². The third-order valence-corrected chi connectivity index (χ3v) is 20.7. The third-order valence-electron chi connectivity index (χ3n) is 2.35. The summed E-state index contributed by atoms with van der Waals surface area (Å²) in [5.74, 6) is 0. The van der Waals surface area contributed by atoms with Gasteiger partial charge in [-0.1, -0.05) is 0 Å². The van der Waals surface area contributed by atoms with Crippen LogP contribution in [0.2, 0.25) is 19.9 Å². The van der Waals surface area contributed by atoms with E-state index in [4.69, 9.17) is 23.2 Å². The Morgan fingerprint density at radius 3 is 1.32 bits per heavy atom. The average molecular weight is 436 g/mol. The van der Waals surface area contributed by atoms with Gasteiger partial charge in [0.2, 0.25) is 0 Å². The van der Waals surface area contributed by atoms with Crippen LogP contribution in [0.25, 0.3) is 0 Å². The molecule has 0 radical (unpaired) electrons. The molecule has 0 spiro atoms. The van der Waals surface area contributed by atoms with Crippen molar-refractivity contribution in [3.8, 4) is 0 Å². The minimum absolute atomic E-state index is 0.794. The predicted octanol–water partition coefficient (Wildman–Crippen LogP) is 6.58. The molecule has 0 aromatic heterocycles. The quantitative estimate of drug-likeness (QED) is 0.497. The van der Waals surface area contributed by atoms with Crippen molar-refractivity contribution in [3.05, 3.63) is 58.6 Å². The van der Waals surface area contributed by atoms with Gasteiger partial charge in [-0.3, -0.25) is 0 Å². The van der Waals surface area contributed by atoms with Gasteiger partial charge in [0.15, 0.2) is 0 Å². The van der Waals surface area contributed by atoms with E-state index in [0.717, 1.165) is 10.0 Å². The first kappa shape index (κ1) is 15.9. The molecule has 0 N–H and O–H groups in total. The summed E-state index contributed by atoms with van der Waals surface area (Å²) in [7, 11) is 4.07. The molecule has 0 saturated carbocycles. The SMILES string of the molecule is [CH3][Sn]([CH3])([S]c1ccc(Cl)cc1)[S]c1ccc(Cl)cc1. The van der Waals surface area contributed by atoms with Crippen LogP contribution in [0.1, 0.15) is 0 Å². The Labute approximate surface area is 134 Å². The summed E-state index contributed by atoms with van der Waals surface area (Å²) < 4.78 is 0. The van der Waals surface area contributed by atoms with Crippen LogP contribution < -0.4 is 0 Å². The first-order chi connectivity index (χ1) is 8.94. The maximum absolute atomic E-state index is 5.92. The van der Waals surface area contributed by atoms with Gasteiger partial charge in [0, 0.05) is 0 Å². The van der Waals surface area contributed by atoms with Gasteiger partial charge in [-0.2, -0.15) is 0 Å². The van der Waals surface area contributed by atoms with Crippen molar-refractivity contribution >= 4 is 56.7 Å². The van der Waals surface area contributed by atoms with Crippen LogP contribution in [0.4, 0.5) is 0 Å². The van der Waals surface area contributed by atoms with Crippen LogP contribution >= 0.6 is 41.1 Å². The van der Waals surface area contributed by atoms with Gasteiger partial charge in [0.1, 0.15) is 0 Å². The summed E-state index contributed by atoms with van der Waals surface area (Å²) in [5.41, 5.74) is 0. The molecule has 0 unspecified atom stereocenters. The number of rotatable bonds is 4. The molecular weight excluding hydrogens is 422 g/mol. The Morgan fingerprint density at radius 1 is 0.684 bits per heavy atom. The van der Waals surface area contributed by atoms with Gasteiger partial charge in [-0.15, -0.1) is 0 Å². The fraction of sp³-hybridized carbons (Fsp3) is 0.143. The molecular formula is C14H14Cl2S2Sn. The van der Waals surface area contributed by atoms with E-state index >= 15 is 0 Å². The fourth-order valence-electron chi connectivity index (χ4n) is 1.59. The molecule has 0 fully saturated rings. The Morgan fingerprint density at radius 2 is 1.00 bits per heavy atom. The molecule has 2 rings (SSSR count). The standard InChI is InChI=1S/2C6H5ClS.2CH3.Sn/c2*7-5-1-3-6(8)4-2-5;;;/h2*1-4,8H;2*1H3;/q;;;;+2/p-2. The first-order valence-electron chi connectivity index (χ1n) is 5.84. The van der Waals surface area contributed by atoms with Crippen LogP contribution in [-0.4, -0.2) is 15.6 Å². The molecule has 0 aliphatic heterocycles. The molecule has 5 heteroatoms. The van der Waals surface area contributed by atoms with E-state index < -0.39 is 15.6 Å². The van der Waals surface area contributed by atoms with Gasteiger partial charge < -0.3 is 0 Å². The molecule has 0 saturated heterocycles. The van der Waals surface area contributed by atoms with Gasteiger partial charge in [-0.25, -0.2) is 0 Å². The van der Waals surface area contributed by atoms with Crippen molar-refractivity contribution in [1.82, 2.24) is 0 Å². The van der Waals surface area contributed by atoms with E-state index in [1.165, 1.54) is 9.79 Å². The van der Waals surface area contributed by atoms with Crippen LogP contribution in [0, 0.1) is 0 Å². The molecule has 0 amide bonds. The summed E-state index contributed by atoms with van der Waals surface area (Å²) in [5, 5.41) is 1.59. The number of benzene rings is 2.